The molecule has 0 fully saturated rings. The summed E-state index contributed by atoms with van der Waals surface area (Å²) in [5.74, 6) is -0.327. The van der Waals surface area contributed by atoms with Gasteiger partial charge in [-0.3, -0.25) is 0 Å². The monoisotopic (exact) mass is 206 g/mol. The lowest BCUT2D eigenvalue weighted by Crippen LogP contribution is -2.05. The minimum atomic E-state index is -0.163. The molecule has 16 heavy (non-hydrogen) atoms. The van der Waals surface area contributed by atoms with Crippen molar-refractivity contribution in [2.75, 3.05) is 0 Å². The molecule has 0 spiro atoms. The van der Waals surface area contributed by atoms with Crippen molar-refractivity contribution in [1.82, 2.24) is 0 Å². The third-order valence-electron chi connectivity index (χ3n) is 2.76. The van der Waals surface area contributed by atoms with Gasteiger partial charge in [0.15, 0.2) is 0 Å². The summed E-state index contributed by atoms with van der Waals surface area (Å²) in [6, 6.07) is 19.9. The zero-order chi connectivity index (χ0) is 11.4. The SMILES string of the molecule is [CH]C(c1ccccc1)C([CH])c1ccccc1. The van der Waals surface area contributed by atoms with Crippen LogP contribution in [0.5, 0.6) is 0 Å². The van der Waals surface area contributed by atoms with E-state index in [4.69, 9.17) is 13.8 Å². The molecule has 4 radical (unpaired) electrons. The number of hydrogen-bond donors (Lipinski definition) is 0. The Hall–Kier alpha value is -1.56. The van der Waals surface area contributed by atoms with Gasteiger partial charge in [-0.05, 0) is 36.8 Å². The molecule has 0 bridgehead atoms. The number of hydrogen-bond acceptors (Lipinski definition) is 0. The Morgan fingerprint density at radius 2 is 0.875 bits per heavy atom. The lowest BCUT2D eigenvalue weighted by molar-refractivity contribution is 0.731. The lowest BCUT2D eigenvalue weighted by Gasteiger charge is -2.20. The summed E-state index contributed by atoms with van der Waals surface area (Å²) >= 11 is 0. The summed E-state index contributed by atoms with van der Waals surface area (Å²) in [7, 11) is 0. The Balaban J connectivity index is 2.20. The van der Waals surface area contributed by atoms with Gasteiger partial charge in [-0.15, -0.1) is 0 Å². The first-order chi connectivity index (χ1) is 7.79. The molecule has 0 amide bonds. The number of rotatable bonds is 3. The highest BCUT2D eigenvalue weighted by molar-refractivity contribution is 5.30. The largest absolute Gasteiger partial charge is 0.0622 e. The molecule has 0 aliphatic rings. The molecule has 2 aromatic carbocycles. The molecule has 0 saturated heterocycles. The minimum absolute atomic E-state index is 0.163. The van der Waals surface area contributed by atoms with Crippen molar-refractivity contribution in [1.29, 1.82) is 0 Å². The predicted molar refractivity (Wildman–Crippen MR) is 67.0 cm³/mol. The van der Waals surface area contributed by atoms with Crippen LogP contribution in [0.25, 0.3) is 0 Å². The van der Waals surface area contributed by atoms with E-state index in [0.717, 1.165) is 11.1 Å². The average Bonchev–Trinajstić information content (AvgIpc) is 2.39. The van der Waals surface area contributed by atoms with Crippen molar-refractivity contribution in [3.05, 3.63) is 85.6 Å². The van der Waals surface area contributed by atoms with Gasteiger partial charge in [0.05, 0.1) is 0 Å². The summed E-state index contributed by atoms with van der Waals surface area (Å²) in [6.07, 6.45) is 0. The maximum Gasteiger partial charge on any atom is -0.00559 e. The molecule has 2 aromatic rings. The van der Waals surface area contributed by atoms with Crippen LogP contribution in [-0.2, 0) is 0 Å². The second-order valence-corrected chi connectivity index (χ2v) is 3.87. The molecule has 0 saturated carbocycles. The van der Waals surface area contributed by atoms with Gasteiger partial charge in [-0.1, -0.05) is 60.7 Å². The Morgan fingerprint density at radius 3 is 1.19 bits per heavy atom. The van der Waals surface area contributed by atoms with Gasteiger partial charge in [0.2, 0.25) is 0 Å². The van der Waals surface area contributed by atoms with E-state index in [1.165, 1.54) is 0 Å². The highest BCUT2D eigenvalue weighted by Gasteiger charge is 2.15. The topological polar surface area (TPSA) is 0 Å². The molecule has 0 heteroatoms. The molecule has 78 valence electrons. The standard InChI is InChI=1S/C16H14/c1-13(15-9-5-3-6-10-15)14(2)16-11-7-4-8-12-16/h1-14H. The van der Waals surface area contributed by atoms with Crippen LogP contribution in [0.4, 0.5) is 0 Å². The van der Waals surface area contributed by atoms with Crippen molar-refractivity contribution in [3.63, 3.8) is 0 Å². The van der Waals surface area contributed by atoms with Gasteiger partial charge in [-0.25, -0.2) is 0 Å². The van der Waals surface area contributed by atoms with Crippen molar-refractivity contribution in [2.24, 2.45) is 0 Å². The van der Waals surface area contributed by atoms with Gasteiger partial charge in [0.25, 0.3) is 0 Å². The molecule has 0 aliphatic heterocycles. The van der Waals surface area contributed by atoms with Gasteiger partial charge >= 0.3 is 0 Å². The van der Waals surface area contributed by atoms with Gasteiger partial charge < -0.3 is 0 Å². The van der Waals surface area contributed by atoms with Crippen LogP contribution in [0.3, 0.4) is 0 Å². The predicted octanol–water partition coefficient (Wildman–Crippen LogP) is 3.98. The van der Waals surface area contributed by atoms with E-state index < -0.39 is 0 Å². The normalized spacial score (nSPS) is 14.4. The van der Waals surface area contributed by atoms with E-state index in [1.54, 1.807) is 0 Å². The highest BCUT2D eigenvalue weighted by Crippen LogP contribution is 2.31. The summed E-state index contributed by atoms with van der Waals surface area (Å²) < 4.78 is 0. The maximum absolute atomic E-state index is 6.15. The minimum Gasteiger partial charge on any atom is -0.0622 e. The molecular formula is C16H14. The second-order valence-electron chi connectivity index (χ2n) is 3.87. The smallest absolute Gasteiger partial charge is 0.00559 e. The fourth-order valence-corrected chi connectivity index (χ4v) is 1.77. The third kappa shape index (κ3) is 2.33. The van der Waals surface area contributed by atoms with E-state index in [-0.39, 0.29) is 11.8 Å². The van der Waals surface area contributed by atoms with E-state index in [1.807, 2.05) is 60.7 Å². The van der Waals surface area contributed by atoms with Crippen molar-refractivity contribution >= 4 is 0 Å². The second kappa shape index (κ2) is 4.98. The van der Waals surface area contributed by atoms with Gasteiger partial charge in [0.1, 0.15) is 0 Å². The molecule has 0 nitrogen and oxygen atoms in total. The fraction of sp³-hybridized carbons (Fsp3) is 0.125. The zero-order valence-electron chi connectivity index (χ0n) is 9.08. The van der Waals surface area contributed by atoms with E-state index in [0.29, 0.717) is 0 Å². The molecule has 2 atom stereocenters. The fourth-order valence-electron chi connectivity index (χ4n) is 1.77. The van der Waals surface area contributed by atoms with Crippen molar-refractivity contribution in [2.45, 2.75) is 11.8 Å². The molecule has 2 rings (SSSR count). The summed E-state index contributed by atoms with van der Waals surface area (Å²) in [5.41, 5.74) is 2.14. The quantitative estimate of drug-likeness (QED) is 0.712. The Bertz CT molecular complexity index is 373. The Kier molecular flexibility index (Phi) is 3.40. The Morgan fingerprint density at radius 1 is 0.562 bits per heavy atom. The molecule has 0 N–H and O–H groups in total. The summed E-state index contributed by atoms with van der Waals surface area (Å²) in [4.78, 5) is 0. The van der Waals surface area contributed by atoms with E-state index in [9.17, 15) is 0 Å². The van der Waals surface area contributed by atoms with Crippen LogP contribution in [0.1, 0.15) is 23.0 Å². The van der Waals surface area contributed by atoms with E-state index in [2.05, 4.69) is 0 Å². The first-order valence-electron chi connectivity index (χ1n) is 5.40. The lowest BCUT2D eigenvalue weighted by atomic mass is 9.84. The molecule has 0 aliphatic carbocycles. The van der Waals surface area contributed by atoms with Gasteiger partial charge in [0, 0.05) is 0 Å². The van der Waals surface area contributed by atoms with Crippen LogP contribution < -0.4 is 0 Å². The maximum atomic E-state index is 6.15. The summed E-state index contributed by atoms with van der Waals surface area (Å²) in [5, 5.41) is 0. The van der Waals surface area contributed by atoms with Crippen LogP contribution in [0, 0.1) is 13.8 Å². The Labute approximate surface area is 97.9 Å². The molecular weight excluding hydrogens is 192 g/mol. The van der Waals surface area contributed by atoms with E-state index >= 15 is 0 Å². The molecule has 0 aromatic heterocycles. The first kappa shape index (κ1) is 10.9. The van der Waals surface area contributed by atoms with Gasteiger partial charge in [-0.2, -0.15) is 0 Å². The van der Waals surface area contributed by atoms with Crippen LogP contribution in [0.15, 0.2) is 60.7 Å². The summed E-state index contributed by atoms with van der Waals surface area (Å²) in [6.45, 7) is 12.3. The van der Waals surface area contributed by atoms with Crippen LogP contribution in [-0.4, -0.2) is 0 Å². The van der Waals surface area contributed by atoms with Crippen molar-refractivity contribution in [3.8, 4) is 0 Å². The highest BCUT2D eigenvalue weighted by atomic mass is 14.2. The van der Waals surface area contributed by atoms with Crippen LogP contribution >= 0.6 is 0 Å². The zero-order valence-corrected chi connectivity index (χ0v) is 9.08. The third-order valence-corrected chi connectivity index (χ3v) is 2.76. The average molecular weight is 206 g/mol. The van der Waals surface area contributed by atoms with Crippen LogP contribution in [0.2, 0.25) is 0 Å². The number of benzene rings is 2. The molecule has 0 heterocycles. The van der Waals surface area contributed by atoms with Crippen molar-refractivity contribution < 1.29 is 0 Å². The molecule has 2 unspecified atom stereocenters. The first-order valence-corrected chi connectivity index (χ1v) is 5.40.